The molecule has 1 N–H and O–H groups in total. The van der Waals surface area contributed by atoms with Gasteiger partial charge in [-0.3, -0.25) is 9.69 Å². The molecule has 0 unspecified atom stereocenters. The first-order valence-electron chi connectivity index (χ1n) is 9.64. The Morgan fingerprint density at radius 1 is 1.10 bits per heavy atom. The fourth-order valence-corrected chi connectivity index (χ4v) is 3.40. The van der Waals surface area contributed by atoms with Crippen LogP contribution in [0.5, 0.6) is 11.5 Å². The number of carbonyl (C=O) groups excluding carboxylic acids is 1. The van der Waals surface area contributed by atoms with E-state index in [4.69, 9.17) is 9.47 Å². The normalized spacial score (nSPS) is 16.3. The van der Waals surface area contributed by atoms with Gasteiger partial charge in [0.15, 0.2) is 11.5 Å². The van der Waals surface area contributed by atoms with Gasteiger partial charge in [0.2, 0.25) is 6.79 Å². The maximum absolute atomic E-state index is 13.0. The summed E-state index contributed by atoms with van der Waals surface area (Å²) in [6, 6.07) is 13.3. The van der Waals surface area contributed by atoms with Gasteiger partial charge in [-0.2, -0.15) is 5.26 Å². The quantitative estimate of drug-likeness (QED) is 0.606. The van der Waals surface area contributed by atoms with E-state index < -0.39 is 5.91 Å². The summed E-state index contributed by atoms with van der Waals surface area (Å²) in [4.78, 5) is 16.6. The minimum atomic E-state index is -0.508. The SMILES string of the molecule is N#C/C(=C\N1CCN(Cc2ccc3c(c2)OCO3)CC1)C(=O)Nc1ccc(F)cc1. The molecule has 0 atom stereocenters. The molecule has 1 fully saturated rings. The average molecular weight is 408 g/mol. The maximum Gasteiger partial charge on any atom is 0.267 e. The zero-order valence-electron chi connectivity index (χ0n) is 16.3. The van der Waals surface area contributed by atoms with Crippen molar-refractivity contribution in [3.8, 4) is 17.6 Å². The lowest BCUT2D eigenvalue weighted by Gasteiger charge is -2.34. The Morgan fingerprint density at radius 2 is 1.83 bits per heavy atom. The number of nitrogens with one attached hydrogen (secondary N) is 1. The molecule has 154 valence electrons. The molecule has 2 heterocycles. The molecule has 2 aliphatic rings. The van der Waals surface area contributed by atoms with Crippen molar-refractivity contribution in [1.82, 2.24) is 9.80 Å². The van der Waals surface area contributed by atoms with E-state index in [1.54, 1.807) is 6.20 Å². The second kappa shape index (κ2) is 8.84. The fourth-order valence-electron chi connectivity index (χ4n) is 3.40. The average Bonchev–Trinajstić information content (AvgIpc) is 3.22. The molecule has 2 aromatic rings. The van der Waals surface area contributed by atoms with Crippen molar-refractivity contribution in [3.05, 3.63) is 65.6 Å². The largest absolute Gasteiger partial charge is 0.454 e. The van der Waals surface area contributed by atoms with Crippen LogP contribution in [-0.2, 0) is 11.3 Å². The summed E-state index contributed by atoms with van der Waals surface area (Å²) >= 11 is 0. The number of halogens is 1. The van der Waals surface area contributed by atoms with Gasteiger partial charge in [0.1, 0.15) is 17.5 Å². The standard InChI is InChI=1S/C22H21FN4O3/c23-18-2-4-19(5-3-18)25-22(28)17(12-24)14-27-9-7-26(8-10-27)13-16-1-6-20-21(11-16)30-15-29-20/h1-6,11,14H,7-10,13,15H2,(H,25,28)/b17-14+. The summed E-state index contributed by atoms with van der Waals surface area (Å²) in [5.41, 5.74) is 1.61. The lowest BCUT2D eigenvalue weighted by molar-refractivity contribution is -0.112. The first-order chi connectivity index (χ1) is 14.6. The molecule has 0 radical (unpaired) electrons. The molecule has 1 saturated heterocycles. The number of ether oxygens (including phenoxy) is 2. The van der Waals surface area contributed by atoms with Gasteiger partial charge in [0, 0.05) is 44.6 Å². The molecular weight excluding hydrogens is 387 g/mol. The van der Waals surface area contributed by atoms with E-state index in [9.17, 15) is 14.4 Å². The summed E-state index contributed by atoms with van der Waals surface area (Å²) in [7, 11) is 0. The third kappa shape index (κ3) is 4.70. The summed E-state index contributed by atoms with van der Waals surface area (Å²) in [5, 5.41) is 12.0. The maximum atomic E-state index is 13.0. The first kappa shape index (κ1) is 19.7. The van der Waals surface area contributed by atoms with E-state index in [1.165, 1.54) is 24.3 Å². The molecule has 8 heteroatoms. The van der Waals surface area contributed by atoms with E-state index >= 15 is 0 Å². The second-order valence-corrected chi connectivity index (χ2v) is 7.12. The molecule has 0 aromatic heterocycles. The molecule has 2 aromatic carbocycles. The number of rotatable bonds is 5. The Hall–Kier alpha value is -3.57. The third-order valence-electron chi connectivity index (χ3n) is 5.03. The monoisotopic (exact) mass is 408 g/mol. The van der Waals surface area contributed by atoms with Gasteiger partial charge in [-0.15, -0.1) is 0 Å². The Labute approximate surface area is 173 Å². The topological polar surface area (TPSA) is 77.8 Å². The smallest absolute Gasteiger partial charge is 0.267 e. The molecule has 7 nitrogen and oxygen atoms in total. The van der Waals surface area contributed by atoms with Crippen LogP contribution in [0.4, 0.5) is 10.1 Å². The number of fused-ring (bicyclic) bond motifs is 1. The van der Waals surface area contributed by atoms with Crippen LogP contribution in [0, 0.1) is 17.1 Å². The van der Waals surface area contributed by atoms with Gasteiger partial charge in [-0.1, -0.05) is 6.07 Å². The third-order valence-corrected chi connectivity index (χ3v) is 5.03. The molecule has 30 heavy (non-hydrogen) atoms. The van der Waals surface area contributed by atoms with Crippen molar-refractivity contribution >= 4 is 11.6 Å². The van der Waals surface area contributed by atoms with E-state index in [-0.39, 0.29) is 18.2 Å². The zero-order chi connectivity index (χ0) is 20.9. The van der Waals surface area contributed by atoms with Crippen molar-refractivity contribution in [2.45, 2.75) is 6.54 Å². The van der Waals surface area contributed by atoms with Crippen LogP contribution in [0.15, 0.2) is 54.2 Å². The minimum Gasteiger partial charge on any atom is -0.454 e. The summed E-state index contributed by atoms with van der Waals surface area (Å²) in [6.07, 6.45) is 1.59. The van der Waals surface area contributed by atoms with Gasteiger partial charge in [-0.25, -0.2) is 4.39 Å². The van der Waals surface area contributed by atoms with Gasteiger partial charge in [-0.05, 0) is 42.0 Å². The molecule has 2 aliphatic heterocycles. The number of piperazine rings is 1. The summed E-state index contributed by atoms with van der Waals surface area (Å²) in [5.74, 6) is 0.658. The predicted molar refractivity (Wildman–Crippen MR) is 108 cm³/mol. The predicted octanol–water partition coefficient (Wildman–Crippen LogP) is 2.72. The Morgan fingerprint density at radius 3 is 2.57 bits per heavy atom. The van der Waals surface area contributed by atoms with Crippen LogP contribution < -0.4 is 14.8 Å². The van der Waals surface area contributed by atoms with Crippen LogP contribution in [0.2, 0.25) is 0 Å². The number of nitrogens with zero attached hydrogens (tertiary/aromatic N) is 3. The molecule has 4 rings (SSSR count). The Bertz CT molecular complexity index is 992. The van der Waals surface area contributed by atoms with E-state index in [0.717, 1.165) is 36.7 Å². The molecular formula is C22H21FN4O3. The first-order valence-corrected chi connectivity index (χ1v) is 9.64. The highest BCUT2D eigenvalue weighted by Crippen LogP contribution is 2.32. The van der Waals surface area contributed by atoms with E-state index in [1.807, 2.05) is 29.2 Å². The number of hydrogen-bond donors (Lipinski definition) is 1. The fraction of sp³-hybridized carbons (Fsp3) is 0.273. The van der Waals surface area contributed by atoms with Gasteiger partial charge < -0.3 is 19.7 Å². The van der Waals surface area contributed by atoms with Gasteiger partial charge >= 0.3 is 0 Å². The minimum absolute atomic E-state index is 0.0172. The Balaban J connectivity index is 1.31. The number of benzene rings is 2. The van der Waals surface area contributed by atoms with E-state index in [2.05, 4.69) is 10.2 Å². The van der Waals surface area contributed by atoms with Crippen molar-refractivity contribution < 1.29 is 18.7 Å². The molecule has 0 saturated carbocycles. The van der Waals surface area contributed by atoms with Crippen molar-refractivity contribution in [2.24, 2.45) is 0 Å². The van der Waals surface area contributed by atoms with Gasteiger partial charge in [0.25, 0.3) is 5.91 Å². The summed E-state index contributed by atoms with van der Waals surface area (Å²) in [6.45, 7) is 4.09. The van der Waals surface area contributed by atoms with Crippen LogP contribution in [0.3, 0.4) is 0 Å². The number of hydrogen-bond acceptors (Lipinski definition) is 6. The highest BCUT2D eigenvalue weighted by atomic mass is 19.1. The van der Waals surface area contributed by atoms with E-state index in [0.29, 0.717) is 18.8 Å². The van der Waals surface area contributed by atoms with Crippen LogP contribution in [-0.4, -0.2) is 48.7 Å². The van der Waals surface area contributed by atoms with Crippen molar-refractivity contribution in [1.29, 1.82) is 5.26 Å². The molecule has 0 bridgehead atoms. The molecule has 0 aliphatic carbocycles. The zero-order valence-corrected chi connectivity index (χ0v) is 16.3. The van der Waals surface area contributed by atoms with Crippen molar-refractivity contribution in [2.75, 3.05) is 38.3 Å². The van der Waals surface area contributed by atoms with Crippen LogP contribution >= 0.6 is 0 Å². The van der Waals surface area contributed by atoms with Gasteiger partial charge in [0.05, 0.1) is 0 Å². The Kier molecular flexibility index (Phi) is 5.82. The second-order valence-electron chi connectivity index (χ2n) is 7.12. The summed E-state index contributed by atoms with van der Waals surface area (Å²) < 4.78 is 23.8. The molecule has 1 amide bonds. The number of amides is 1. The number of anilines is 1. The highest BCUT2D eigenvalue weighted by molar-refractivity contribution is 6.06. The van der Waals surface area contributed by atoms with Crippen molar-refractivity contribution in [3.63, 3.8) is 0 Å². The molecule has 0 spiro atoms. The number of carbonyl (C=O) groups is 1. The highest BCUT2D eigenvalue weighted by Gasteiger charge is 2.19. The van der Waals surface area contributed by atoms with Crippen LogP contribution in [0.1, 0.15) is 5.56 Å². The lowest BCUT2D eigenvalue weighted by Crippen LogP contribution is -2.43. The lowest BCUT2D eigenvalue weighted by atomic mass is 10.1. The van der Waals surface area contributed by atoms with Crippen LogP contribution in [0.25, 0.3) is 0 Å². The number of nitriles is 1.